The van der Waals surface area contributed by atoms with Crippen molar-refractivity contribution in [2.45, 2.75) is 6.54 Å². The summed E-state index contributed by atoms with van der Waals surface area (Å²) in [5, 5.41) is 4.70. The van der Waals surface area contributed by atoms with Gasteiger partial charge in [-0.15, -0.1) is 0 Å². The van der Waals surface area contributed by atoms with Gasteiger partial charge in [0.05, 0.1) is 17.8 Å². The molecule has 0 saturated heterocycles. The fourth-order valence-electron chi connectivity index (χ4n) is 1.00. The van der Waals surface area contributed by atoms with Gasteiger partial charge in [0.25, 0.3) is 0 Å². The van der Waals surface area contributed by atoms with Crippen LogP contribution in [-0.4, -0.2) is 9.78 Å². The lowest BCUT2D eigenvalue weighted by Gasteiger charge is -2.18. The van der Waals surface area contributed by atoms with Crippen molar-refractivity contribution < 1.29 is 0 Å². The molecule has 0 spiro atoms. The Bertz CT molecular complexity index is 305. The quantitative estimate of drug-likeness (QED) is 0.583. The largest absolute Gasteiger partial charge is 0.243 e. The molecule has 0 saturated carbocycles. The highest BCUT2D eigenvalue weighted by Crippen LogP contribution is 2.24. The predicted molar refractivity (Wildman–Crippen MR) is 44.5 cm³/mol. The van der Waals surface area contributed by atoms with Crippen LogP contribution in [0.25, 0.3) is 0 Å². The van der Waals surface area contributed by atoms with Gasteiger partial charge in [0.1, 0.15) is 5.82 Å². The van der Waals surface area contributed by atoms with Crippen LogP contribution in [0.3, 0.4) is 0 Å². The van der Waals surface area contributed by atoms with Gasteiger partial charge >= 0.3 is 0 Å². The monoisotopic (exact) mass is 189 g/mol. The first kappa shape index (κ1) is 7.00. The third-order valence-corrected chi connectivity index (χ3v) is 1.96. The van der Waals surface area contributed by atoms with Crippen molar-refractivity contribution in [2.24, 2.45) is 0 Å². The Morgan fingerprint density at radius 2 is 2.36 bits per heavy atom. The fourth-order valence-corrected chi connectivity index (χ4v) is 1.52. The molecule has 2 rings (SSSR count). The second-order valence-electron chi connectivity index (χ2n) is 2.23. The Labute approximate surface area is 73.9 Å². The maximum absolute atomic E-state index is 5.80. The summed E-state index contributed by atoms with van der Waals surface area (Å²) in [6.45, 7) is 0.604. The molecule has 0 radical (unpaired) electrons. The smallest absolute Gasteiger partial charge is 0.145 e. The molecule has 1 aromatic rings. The number of anilines is 1. The molecule has 0 fully saturated rings. The van der Waals surface area contributed by atoms with Gasteiger partial charge in [0.15, 0.2) is 0 Å². The van der Waals surface area contributed by atoms with E-state index in [9.17, 15) is 0 Å². The fraction of sp³-hybridized carbons (Fsp3) is 0.167. The maximum Gasteiger partial charge on any atom is 0.145 e. The summed E-state index contributed by atoms with van der Waals surface area (Å²) in [7, 11) is 0. The Kier molecular flexibility index (Phi) is 1.55. The highest BCUT2D eigenvalue weighted by molar-refractivity contribution is 6.32. The molecule has 5 heteroatoms. The third-order valence-electron chi connectivity index (χ3n) is 1.47. The van der Waals surface area contributed by atoms with E-state index in [1.165, 1.54) is 4.42 Å². The van der Waals surface area contributed by atoms with Gasteiger partial charge in [0.2, 0.25) is 0 Å². The van der Waals surface area contributed by atoms with Crippen LogP contribution in [0, 0.1) is 0 Å². The summed E-state index contributed by atoms with van der Waals surface area (Å²) in [5.74, 6) is 0.844. The standard InChI is InChI=1S/C6H5Cl2N3/c7-5-3-10(8)6-1-2-9-11(6)4-5/h1-3H,4H2. The molecule has 1 aromatic heterocycles. The van der Waals surface area contributed by atoms with Crippen LogP contribution in [-0.2, 0) is 6.54 Å². The van der Waals surface area contributed by atoms with Gasteiger partial charge in [-0.3, -0.25) is 0 Å². The van der Waals surface area contributed by atoms with E-state index in [0.29, 0.717) is 11.6 Å². The van der Waals surface area contributed by atoms with Gasteiger partial charge in [-0.2, -0.15) is 5.10 Å². The molecule has 0 bridgehead atoms. The maximum atomic E-state index is 5.80. The van der Waals surface area contributed by atoms with E-state index in [1.807, 2.05) is 6.07 Å². The summed E-state index contributed by atoms with van der Waals surface area (Å²) >= 11 is 11.6. The van der Waals surface area contributed by atoms with Gasteiger partial charge in [-0.25, -0.2) is 9.10 Å². The molecule has 3 nitrogen and oxygen atoms in total. The van der Waals surface area contributed by atoms with Crippen LogP contribution in [0.5, 0.6) is 0 Å². The molecule has 0 aliphatic carbocycles. The second kappa shape index (κ2) is 2.43. The minimum absolute atomic E-state index is 0.604. The molecular formula is C6H5Cl2N3. The first-order chi connectivity index (χ1) is 5.27. The SMILES string of the molecule is ClC1=CN(Cl)c2ccnn2C1. The zero-order valence-electron chi connectivity index (χ0n) is 5.54. The van der Waals surface area contributed by atoms with E-state index in [0.717, 1.165) is 5.82 Å². The molecule has 11 heavy (non-hydrogen) atoms. The molecule has 0 amide bonds. The van der Waals surface area contributed by atoms with Crippen LogP contribution in [0.1, 0.15) is 0 Å². The Morgan fingerprint density at radius 1 is 1.55 bits per heavy atom. The van der Waals surface area contributed by atoms with E-state index in [4.69, 9.17) is 23.4 Å². The highest BCUT2D eigenvalue weighted by Gasteiger charge is 2.14. The number of hydrogen-bond acceptors (Lipinski definition) is 2. The topological polar surface area (TPSA) is 21.1 Å². The van der Waals surface area contributed by atoms with Crippen molar-refractivity contribution in [3.05, 3.63) is 23.5 Å². The minimum atomic E-state index is 0.604. The number of nitrogens with zero attached hydrogens (tertiary/aromatic N) is 3. The summed E-state index contributed by atoms with van der Waals surface area (Å²) in [4.78, 5) is 0. The number of fused-ring (bicyclic) bond motifs is 1. The lowest BCUT2D eigenvalue weighted by atomic mass is 10.5. The zero-order valence-corrected chi connectivity index (χ0v) is 7.05. The lowest BCUT2D eigenvalue weighted by Crippen LogP contribution is -2.15. The number of rotatable bonds is 0. The van der Waals surface area contributed by atoms with Crippen molar-refractivity contribution in [1.82, 2.24) is 9.78 Å². The Balaban J connectivity index is 2.45. The van der Waals surface area contributed by atoms with Gasteiger partial charge in [-0.05, 0) is 0 Å². The number of hydrogen-bond donors (Lipinski definition) is 0. The molecule has 58 valence electrons. The second-order valence-corrected chi connectivity index (χ2v) is 3.08. The Hall–Kier alpha value is -0.670. The molecule has 1 aliphatic rings. The zero-order chi connectivity index (χ0) is 7.84. The summed E-state index contributed by atoms with van der Waals surface area (Å²) in [6.07, 6.45) is 3.36. The first-order valence-electron chi connectivity index (χ1n) is 3.10. The van der Waals surface area contributed by atoms with E-state index in [-0.39, 0.29) is 0 Å². The van der Waals surface area contributed by atoms with Crippen LogP contribution in [0.2, 0.25) is 0 Å². The molecule has 0 aromatic carbocycles. The third kappa shape index (κ3) is 1.10. The molecule has 2 heterocycles. The predicted octanol–water partition coefficient (Wildman–Crippen LogP) is 1.94. The average Bonchev–Trinajstić information content (AvgIpc) is 2.34. The van der Waals surface area contributed by atoms with Crippen LogP contribution < -0.4 is 4.42 Å². The Morgan fingerprint density at radius 3 is 3.18 bits per heavy atom. The van der Waals surface area contributed by atoms with E-state index < -0.39 is 0 Å². The highest BCUT2D eigenvalue weighted by atomic mass is 35.5. The number of aromatic nitrogens is 2. The van der Waals surface area contributed by atoms with E-state index in [2.05, 4.69) is 5.10 Å². The van der Waals surface area contributed by atoms with E-state index in [1.54, 1.807) is 17.1 Å². The number of halogens is 2. The molecule has 1 aliphatic heterocycles. The van der Waals surface area contributed by atoms with Crippen molar-refractivity contribution in [3.8, 4) is 0 Å². The molecular weight excluding hydrogens is 185 g/mol. The van der Waals surface area contributed by atoms with Crippen LogP contribution in [0.15, 0.2) is 23.5 Å². The molecule has 0 atom stereocenters. The van der Waals surface area contributed by atoms with Gasteiger partial charge < -0.3 is 0 Å². The first-order valence-corrected chi connectivity index (χ1v) is 3.82. The molecule has 0 N–H and O–H groups in total. The van der Waals surface area contributed by atoms with E-state index >= 15 is 0 Å². The summed E-state index contributed by atoms with van der Waals surface area (Å²) in [5.41, 5.74) is 0. The van der Waals surface area contributed by atoms with Crippen molar-refractivity contribution >= 4 is 29.2 Å². The lowest BCUT2D eigenvalue weighted by molar-refractivity contribution is 0.684. The minimum Gasteiger partial charge on any atom is -0.243 e. The van der Waals surface area contributed by atoms with Crippen molar-refractivity contribution in [3.63, 3.8) is 0 Å². The molecule has 0 unspecified atom stereocenters. The van der Waals surface area contributed by atoms with Gasteiger partial charge in [0, 0.05) is 24.0 Å². The normalized spacial score (nSPS) is 16.2. The van der Waals surface area contributed by atoms with Crippen LogP contribution in [0.4, 0.5) is 5.82 Å². The number of allylic oxidation sites excluding steroid dienone is 1. The van der Waals surface area contributed by atoms with Crippen molar-refractivity contribution in [2.75, 3.05) is 4.42 Å². The van der Waals surface area contributed by atoms with Crippen molar-refractivity contribution in [1.29, 1.82) is 0 Å². The summed E-state index contributed by atoms with van der Waals surface area (Å²) < 4.78 is 3.16. The average molecular weight is 190 g/mol. The van der Waals surface area contributed by atoms with Crippen LogP contribution >= 0.6 is 23.4 Å². The van der Waals surface area contributed by atoms with Gasteiger partial charge in [-0.1, -0.05) is 11.6 Å². The summed E-state index contributed by atoms with van der Waals surface area (Å²) in [6, 6.07) is 1.83.